The molecule has 0 unspecified atom stereocenters. The van der Waals surface area contributed by atoms with Gasteiger partial charge < -0.3 is 4.57 Å². The van der Waals surface area contributed by atoms with Crippen LogP contribution in [0.3, 0.4) is 0 Å². The summed E-state index contributed by atoms with van der Waals surface area (Å²) in [5.41, 5.74) is 6.48. The number of hydrogen-bond acceptors (Lipinski definition) is 1. The van der Waals surface area contributed by atoms with Crippen molar-refractivity contribution in [2.45, 2.75) is 40.3 Å². The van der Waals surface area contributed by atoms with E-state index in [2.05, 4.69) is 36.6 Å². The summed E-state index contributed by atoms with van der Waals surface area (Å²) in [6.07, 6.45) is -1.76. The monoisotopic (exact) mass is 408 g/mol. The van der Waals surface area contributed by atoms with Crippen molar-refractivity contribution in [2.24, 2.45) is 0 Å². The number of para-hydroxylation sites is 1. The highest BCUT2D eigenvalue weighted by atomic mass is 19.4. The van der Waals surface area contributed by atoms with Crippen LogP contribution in [0.5, 0.6) is 0 Å². The van der Waals surface area contributed by atoms with Gasteiger partial charge in [0.25, 0.3) is 0 Å². The van der Waals surface area contributed by atoms with Gasteiger partial charge in [0.15, 0.2) is 0 Å². The number of halogens is 3. The van der Waals surface area contributed by atoms with Gasteiger partial charge in [-0.15, -0.1) is 0 Å². The van der Waals surface area contributed by atoms with E-state index in [4.69, 9.17) is 0 Å². The van der Waals surface area contributed by atoms with Crippen LogP contribution in [0.25, 0.3) is 17.3 Å². The molecule has 5 heteroatoms. The molecular formula is C25H23F3N2. The molecule has 0 aliphatic rings. The van der Waals surface area contributed by atoms with E-state index in [1.165, 1.54) is 17.7 Å². The molecule has 30 heavy (non-hydrogen) atoms. The largest absolute Gasteiger partial charge is 0.416 e. The standard InChI is InChI=1S/C25H23F3N2/c1-5-19-8-6-7-16(2)24(19)30-17(3)13-21(18(30)4)14-22(15-29)20-9-11-23(12-10-20)25(26,27)28/h6-14H,5H2,1-4H3/b22-14-. The molecule has 0 saturated carbocycles. The summed E-state index contributed by atoms with van der Waals surface area (Å²) in [7, 11) is 0. The van der Waals surface area contributed by atoms with Gasteiger partial charge in [0.1, 0.15) is 0 Å². The van der Waals surface area contributed by atoms with Crippen LogP contribution in [0.15, 0.2) is 48.5 Å². The van der Waals surface area contributed by atoms with Gasteiger partial charge in [0.2, 0.25) is 0 Å². The highest BCUT2D eigenvalue weighted by Crippen LogP contribution is 2.32. The molecule has 0 fully saturated rings. The average molecular weight is 408 g/mol. The van der Waals surface area contributed by atoms with Gasteiger partial charge in [0, 0.05) is 11.4 Å². The average Bonchev–Trinajstić information content (AvgIpc) is 2.98. The summed E-state index contributed by atoms with van der Waals surface area (Å²) in [5.74, 6) is 0. The van der Waals surface area contributed by atoms with Crippen LogP contribution in [-0.2, 0) is 12.6 Å². The van der Waals surface area contributed by atoms with E-state index in [9.17, 15) is 18.4 Å². The second-order valence-corrected chi connectivity index (χ2v) is 7.34. The van der Waals surface area contributed by atoms with Crippen LogP contribution < -0.4 is 0 Å². The first kappa shape index (κ1) is 21.4. The molecule has 3 aromatic rings. The Labute approximate surface area is 174 Å². The lowest BCUT2D eigenvalue weighted by Crippen LogP contribution is -2.05. The van der Waals surface area contributed by atoms with Gasteiger partial charge in [-0.2, -0.15) is 18.4 Å². The second-order valence-electron chi connectivity index (χ2n) is 7.34. The summed E-state index contributed by atoms with van der Waals surface area (Å²) in [6.45, 7) is 8.20. The van der Waals surface area contributed by atoms with Crippen molar-refractivity contribution < 1.29 is 13.2 Å². The molecule has 1 heterocycles. The van der Waals surface area contributed by atoms with E-state index < -0.39 is 11.7 Å². The van der Waals surface area contributed by atoms with Crippen molar-refractivity contribution in [2.75, 3.05) is 0 Å². The molecule has 0 aliphatic heterocycles. The Morgan fingerprint density at radius 1 is 1.07 bits per heavy atom. The first-order valence-electron chi connectivity index (χ1n) is 9.74. The van der Waals surface area contributed by atoms with Gasteiger partial charge >= 0.3 is 6.18 Å². The number of aryl methyl sites for hydroxylation is 3. The second kappa shape index (κ2) is 8.23. The van der Waals surface area contributed by atoms with Gasteiger partial charge in [-0.1, -0.05) is 37.3 Å². The van der Waals surface area contributed by atoms with Crippen LogP contribution in [0.1, 0.15) is 46.1 Å². The van der Waals surface area contributed by atoms with E-state index in [0.29, 0.717) is 11.1 Å². The summed E-state index contributed by atoms with van der Waals surface area (Å²) in [6, 6.07) is 15.1. The van der Waals surface area contributed by atoms with Crippen molar-refractivity contribution in [3.05, 3.63) is 87.7 Å². The summed E-state index contributed by atoms with van der Waals surface area (Å²) < 4.78 is 40.7. The molecule has 154 valence electrons. The van der Waals surface area contributed by atoms with Gasteiger partial charge in [-0.3, -0.25) is 0 Å². The molecule has 0 amide bonds. The minimum absolute atomic E-state index is 0.324. The maximum Gasteiger partial charge on any atom is 0.416 e. The van der Waals surface area contributed by atoms with Crippen LogP contribution >= 0.6 is 0 Å². The number of hydrogen-bond donors (Lipinski definition) is 0. The molecule has 2 aromatic carbocycles. The van der Waals surface area contributed by atoms with E-state index in [1.54, 1.807) is 6.08 Å². The van der Waals surface area contributed by atoms with E-state index in [0.717, 1.165) is 46.8 Å². The molecule has 0 aliphatic carbocycles. The molecule has 1 aromatic heterocycles. The molecule has 0 N–H and O–H groups in total. The quantitative estimate of drug-likeness (QED) is 0.425. The third-order valence-electron chi connectivity index (χ3n) is 5.34. The molecule has 3 rings (SSSR count). The van der Waals surface area contributed by atoms with E-state index >= 15 is 0 Å². The number of nitrogens with zero attached hydrogens (tertiary/aromatic N) is 2. The maximum atomic E-state index is 12.8. The predicted molar refractivity (Wildman–Crippen MR) is 114 cm³/mol. The Hall–Kier alpha value is -3.26. The smallest absolute Gasteiger partial charge is 0.317 e. The summed E-state index contributed by atoms with van der Waals surface area (Å²) in [4.78, 5) is 0. The zero-order valence-electron chi connectivity index (χ0n) is 17.4. The van der Waals surface area contributed by atoms with Crippen molar-refractivity contribution in [1.29, 1.82) is 5.26 Å². The topological polar surface area (TPSA) is 28.7 Å². The fraction of sp³-hybridized carbons (Fsp3) is 0.240. The van der Waals surface area contributed by atoms with Gasteiger partial charge in [-0.25, -0.2) is 0 Å². The molecule has 0 bridgehead atoms. The van der Waals surface area contributed by atoms with Gasteiger partial charge in [-0.05, 0) is 73.7 Å². The van der Waals surface area contributed by atoms with Crippen molar-refractivity contribution in [1.82, 2.24) is 4.57 Å². The highest BCUT2D eigenvalue weighted by molar-refractivity contribution is 5.90. The lowest BCUT2D eigenvalue weighted by atomic mass is 10.0. The fourth-order valence-corrected chi connectivity index (χ4v) is 3.78. The lowest BCUT2D eigenvalue weighted by Gasteiger charge is -2.17. The molecule has 0 saturated heterocycles. The van der Waals surface area contributed by atoms with Crippen molar-refractivity contribution >= 4 is 11.6 Å². The van der Waals surface area contributed by atoms with Crippen LogP contribution in [0.4, 0.5) is 13.2 Å². The Morgan fingerprint density at radius 2 is 1.73 bits per heavy atom. The first-order chi connectivity index (χ1) is 14.2. The molecule has 0 radical (unpaired) electrons. The van der Waals surface area contributed by atoms with E-state index in [1.807, 2.05) is 26.0 Å². The van der Waals surface area contributed by atoms with E-state index in [-0.39, 0.29) is 0 Å². The molecule has 2 nitrogen and oxygen atoms in total. The van der Waals surface area contributed by atoms with Crippen molar-refractivity contribution in [3.8, 4) is 11.8 Å². The number of aromatic nitrogens is 1. The molecular weight excluding hydrogens is 385 g/mol. The maximum absolute atomic E-state index is 12.8. The predicted octanol–water partition coefficient (Wildman–Crippen LogP) is 7.05. The first-order valence-corrected chi connectivity index (χ1v) is 9.74. The third-order valence-corrected chi connectivity index (χ3v) is 5.34. The van der Waals surface area contributed by atoms with Crippen LogP contribution in [0, 0.1) is 32.1 Å². The number of rotatable bonds is 4. The number of benzene rings is 2. The zero-order valence-corrected chi connectivity index (χ0v) is 17.4. The van der Waals surface area contributed by atoms with Crippen molar-refractivity contribution in [3.63, 3.8) is 0 Å². The molecule has 0 spiro atoms. The Balaban J connectivity index is 2.09. The Bertz CT molecular complexity index is 1140. The lowest BCUT2D eigenvalue weighted by molar-refractivity contribution is -0.137. The van der Waals surface area contributed by atoms with Crippen LogP contribution in [0.2, 0.25) is 0 Å². The third kappa shape index (κ3) is 4.04. The number of nitriles is 1. The van der Waals surface area contributed by atoms with Gasteiger partial charge in [0.05, 0.1) is 22.9 Å². The fourth-order valence-electron chi connectivity index (χ4n) is 3.78. The SMILES string of the molecule is CCc1cccc(C)c1-n1c(C)cc(/C=C(/C#N)c2ccc(C(F)(F)F)cc2)c1C. The Kier molecular flexibility index (Phi) is 5.89. The zero-order chi connectivity index (χ0) is 22.1. The summed E-state index contributed by atoms with van der Waals surface area (Å²) >= 11 is 0. The Morgan fingerprint density at radius 3 is 2.30 bits per heavy atom. The normalized spacial score (nSPS) is 12.1. The van der Waals surface area contributed by atoms with Crippen LogP contribution in [-0.4, -0.2) is 4.57 Å². The number of alkyl halides is 3. The minimum Gasteiger partial charge on any atom is -0.317 e. The highest BCUT2D eigenvalue weighted by Gasteiger charge is 2.30. The number of allylic oxidation sites excluding steroid dienone is 1. The summed E-state index contributed by atoms with van der Waals surface area (Å²) in [5, 5.41) is 9.63. The minimum atomic E-state index is -4.40. The molecule has 0 atom stereocenters.